The number of benzene rings is 1. The Hall–Kier alpha value is -1.81. The molecule has 108 valence electrons. The number of imidazole rings is 1. The quantitative estimate of drug-likeness (QED) is 0.767. The molecule has 5 heteroatoms. The zero-order valence-electron chi connectivity index (χ0n) is 11.4. The second-order valence-electron chi connectivity index (χ2n) is 4.40. The molecule has 0 saturated carbocycles. The van der Waals surface area contributed by atoms with Gasteiger partial charge in [0, 0.05) is 18.8 Å². The van der Waals surface area contributed by atoms with E-state index < -0.39 is 0 Å². The normalized spacial score (nSPS) is 11.4. The van der Waals surface area contributed by atoms with Gasteiger partial charge in [-0.05, 0) is 12.0 Å². The van der Waals surface area contributed by atoms with Gasteiger partial charge in [0.05, 0.1) is 12.9 Å². The molecule has 0 radical (unpaired) electrons. The topological polar surface area (TPSA) is 44.1 Å². The molecule has 20 heavy (non-hydrogen) atoms. The maximum absolute atomic E-state index is 11.7. The summed E-state index contributed by atoms with van der Waals surface area (Å²) in [6.07, 6.45) is 6.29. The second-order valence-corrected chi connectivity index (χ2v) is 4.40. The van der Waals surface area contributed by atoms with Gasteiger partial charge in [-0.3, -0.25) is 4.79 Å². The third-order valence-electron chi connectivity index (χ3n) is 2.84. The van der Waals surface area contributed by atoms with Crippen molar-refractivity contribution in [1.29, 1.82) is 0 Å². The monoisotopic (exact) mass is 294 g/mol. The van der Waals surface area contributed by atoms with Gasteiger partial charge in [-0.2, -0.15) is 0 Å². The Balaban J connectivity index is 0.00000200. The van der Waals surface area contributed by atoms with Crippen LogP contribution in [0.2, 0.25) is 0 Å². The highest BCUT2D eigenvalue weighted by molar-refractivity contribution is 5.85. The number of aromatic nitrogens is 2. The highest BCUT2D eigenvalue weighted by Crippen LogP contribution is 2.20. The Morgan fingerprint density at radius 1 is 1.35 bits per heavy atom. The number of carbonyl (C=O) groups excluding carboxylic acids is 1. The number of esters is 1. The van der Waals surface area contributed by atoms with Gasteiger partial charge in [-0.15, -0.1) is 12.4 Å². The van der Waals surface area contributed by atoms with E-state index in [1.54, 1.807) is 12.5 Å². The van der Waals surface area contributed by atoms with Crippen molar-refractivity contribution < 1.29 is 9.53 Å². The number of rotatable bonds is 6. The zero-order valence-corrected chi connectivity index (χ0v) is 12.3. The molecule has 0 aliphatic rings. The lowest BCUT2D eigenvalue weighted by Gasteiger charge is -2.18. The summed E-state index contributed by atoms with van der Waals surface area (Å²) in [5, 5.41) is 0. The Labute approximate surface area is 125 Å². The van der Waals surface area contributed by atoms with Crippen LogP contribution in [0.3, 0.4) is 0 Å². The van der Waals surface area contributed by atoms with Gasteiger partial charge >= 0.3 is 5.97 Å². The van der Waals surface area contributed by atoms with Crippen LogP contribution in [-0.4, -0.2) is 15.5 Å². The fourth-order valence-electron chi connectivity index (χ4n) is 1.89. The maximum atomic E-state index is 11.7. The molecule has 0 spiro atoms. The van der Waals surface area contributed by atoms with Gasteiger partial charge in [-0.25, -0.2) is 4.98 Å². The molecule has 1 unspecified atom stereocenters. The lowest BCUT2D eigenvalue weighted by atomic mass is 10.1. The molecule has 1 atom stereocenters. The van der Waals surface area contributed by atoms with E-state index in [9.17, 15) is 4.79 Å². The van der Waals surface area contributed by atoms with Crippen LogP contribution in [0.1, 0.15) is 31.4 Å². The van der Waals surface area contributed by atoms with Gasteiger partial charge in [0.1, 0.15) is 6.10 Å². The summed E-state index contributed by atoms with van der Waals surface area (Å²) in [6, 6.07) is 9.79. The van der Waals surface area contributed by atoms with Crippen LogP contribution in [0.5, 0.6) is 0 Å². The summed E-state index contributed by atoms with van der Waals surface area (Å²) in [5.74, 6) is -0.156. The van der Waals surface area contributed by atoms with E-state index >= 15 is 0 Å². The molecule has 0 aliphatic carbocycles. The molecule has 2 aromatic rings. The number of halogens is 1. The molecule has 0 aliphatic heterocycles. The molecule has 0 amide bonds. The summed E-state index contributed by atoms with van der Waals surface area (Å²) in [5.41, 5.74) is 1.00. The van der Waals surface area contributed by atoms with Crippen LogP contribution in [0.15, 0.2) is 49.1 Å². The summed E-state index contributed by atoms with van der Waals surface area (Å²) >= 11 is 0. The molecule has 0 bridgehead atoms. The van der Waals surface area contributed by atoms with E-state index in [-0.39, 0.29) is 24.5 Å². The first-order valence-electron chi connectivity index (χ1n) is 6.49. The summed E-state index contributed by atoms with van der Waals surface area (Å²) in [6.45, 7) is 2.55. The van der Waals surface area contributed by atoms with Crippen LogP contribution in [0.4, 0.5) is 0 Å². The van der Waals surface area contributed by atoms with E-state index in [0.29, 0.717) is 13.0 Å². The van der Waals surface area contributed by atoms with Gasteiger partial charge in [0.15, 0.2) is 0 Å². The molecule has 4 nitrogen and oxygen atoms in total. The lowest BCUT2D eigenvalue weighted by Crippen LogP contribution is -2.16. The number of hydrogen-bond acceptors (Lipinski definition) is 3. The predicted molar refractivity (Wildman–Crippen MR) is 79.7 cm³/mol. The third-order valence-corrected chi connectivity index (χ3v) is 2.84. The molecule has 0 N–H and O–H groups in total. The Morgan fingerprint density at radius 2 is 2.10 bits per heavy atom. The molecule has 1 aromatic heterocycles. The molecular weight excluding hydrogens is 276 g/mol. The summed E-state index contributed by atoms with van der Waals surface area (Å²) < 4.78 is 7.48. The minimum Gasteiger partial charge on any atom is -0.456 e. The zero-order chi connectivity index (χ0) is 13.5. The molecule has 1 aromatic carbocycles. The van der Waals surface area contributed by atoms with Gasteiger partial charge in [0.2, 0.25) is 0 Å². The first kappa shape index (κ1) is 16.2. The molecule has 0 fully saturated rings. The SMILES string of the molecule is CCCC(=O)OC(Cn1ccnc1)c1ccccc1.Cl. The van der Waals surface area contributed by atoms with Crippen LogP contribution >= 0.6 is 12.4 Å². The van der Waals surface area contributed by atoms with E-state index in [2.05, 4.69) is 4.98 Å². The first-order chi connectivity index (χ1) is 9.29. The van der Waals surface area contributed by atoms with E-state index in [4.69, 9.17) is 4.74 Å². The van der Waals surface area contributed by atoms with E-state index in [1.165, 1.54) is 0 Å². The summed E-state index contributed by atoms with van der Waals surface area (Å²) in [7, 11) is 0. The third kappa shape index (κ3) is 4.70. The number of hydrogen-bond donors (Lipinski definition) is 0. The van der Waals surface area contributed by atoms with Crippen LogP contribution < -0.4 is 0 Å². The van der Waals surface area contributed by atoms with Crippen LogP contribution in [0, 0.1) is 0 Å². The van der Waals surface area contributed by atoms with Crippen molar-refractivity contribution in [2.24, 2.45) is 0 Å². The largest absolute Gasteiger partial charge is 0.456 e. The molecular formula is C15H19ClN2O2. The smallest absolute Gasteiger partial charge is 0.306 e. The molecule has 1 heterocycles. The van der Waals surface area contributed by atoms with E-state index in [1.807, 2.05) is 48.0 Å². The van der Waals surface area contributed by atoms with Crippen molar-refractivity contribution >= 4 is 18.4 Å². The number of carbonyl (C=O) groups is 1. The Kier molecular flexibility index (Phi) is 6.81. The van der Waals surface area contributed by atoms with Gasteiger partial charge in [-0.1, -0.05) is 37.3 Å². The number of nitrogens with zero attached hydrogens (tertiary/aromatic N) is 2. The average Bonchev–Trinajstić information content (AvgIpc) is 2.92. The molecule has 0 saturated heterocycles. The fraction of sp³-hybridized carbons (Fsp3) is 0.333. The van der Waals surface area contributed by atoms with Crippen LogP contribution in [-0.2, 0) is 16.1 Å². The van der Waals surface area contributed by atoms with Crippen molar-refractivity contribution in [3.05, 3.63) is 54.6 Å². The molecule has 2 rings (SSSR count). The lowest BCUT2D eigenvalue weighted by molar-refractivity contribution is -0.150. The van der Waals surface area contributed by atoms with Crippen molar-refractivity contribution in [2.45, 2.75) is 32.4 Å². The van der Waals surface area contributed by atoms with E-state index in [0.717, 1.165) is 12.0 Å². The number of ether oxygens (including phenoxy) is 1. The maximum Gasteiger partial charge on any atom is 0.306 e. The Bertz CT molecular complexity index is 500. The van der Waals surface area contributed by atoms with Crippen molar-refractivity contribution in [1.82, 2.24) is 9.55 Å². The van der Waals surface area contributed by atoms with Crippen molar-refractivity contribution in [3.63, 3.8) is 0 Å². The highest BCUT2D eigenvalue weighted by atomic mass is 35.5. The predicted octanol–water partition coefficient (Wildman–Crippen LogP) is 3.39. The summed E-state index contributed by atoms with van der Waals surface area (Å²) in [4.78, 5) is 15.7. The van der Waals surface area contributed by atoms with Gasteiger partial charge in [0.25, 0.3) is 0 Å². The fourth-order valence-corrected chi connectivity index (χ4v) is 1.89. The van der Waals surface area contributed by atoms with Crippen molar-refractivity contribution in [3.8, 4) is 0 Å². The highest BCUT2D eigenvalue weighted by Gasteiger charge is 2.16. The Morgan fingerprint density at radius 3 is 2.70 bits per heavy atom. The van der Waals surface area contributed by atoms with Crippen molar-refractivity contribution in [2.75, 3.05) is 0 Å². The second kappa shape index (κ2) is 8.38. The standard InChI is InChI=1S/C15H18N2O2.ClH/c1-2-6-15(18)19-14(11-17-10-9-16-12-17)13-7-4-3-5-8-13;/h3-5,7-10,12,14H,2,6,11H2,1H3;1H. The van der Waals surface area contributed by atoms with Crippen LogP contribution in [0.25, 0.3) is 0 Å². The first-order valence-corrected chi connectivity index (χ1v) is 6.49. The minimum absolute atomic E-state index is 0. The minimum atomic E-state index is -0.269. The van der Waals surface area contributed by atoms with Gasteiger partial charge < -0.3 is 9.30 Å². The average molecular weight is 295 g/mol.